The number of aliphatic imine (C=N–C) groups is 1. The number of halogens is 1. The van der Waals surface area contributed by atoms with Crippen molar-refractivity contribution in [1.82, 2.24) is 10.6 Å². The summed E-state index contributed by atoms with van der Waals surface area (Å²) in [7, 11) is -1.96. The third kappa shape index (κ3) is 7.34. The predicted molar refractivity (Wildman–Crippen MR) is 136 cm³/mol. The molecule has 4 N–H and O–H groups in total. The summed E-state index contributed by atoms with van der Waals surface area (Å²) >= 11 is 0. The normalized spacial score (nSPS) is 11.6. The highest BCUT2D eigenvalue weighted by atomic mass is 127. The van der Waals surface area contributed by atoms with Crippen molar-refractivity contribution in [1.29, 1.82) is 0 Å². The second-order valence-electron chi connectivity index (χ2n) is 6.87. The van der Waals surface area contributed by atoms with Crippen LogP contribution in [0, 0.1) is 0 Å². The molecule has 0 aliphatic heterocycles. The smallest absolute Gasteiger partial charge is 0.238 e. The number of nitrogens with two attached hydrogens (primary N) is 1. The number of hydrogen-bond acceptors (Lipinski definition) is 3. The van der Waals surface area contributed by atoms with Gasteiger partial charge < -0.3 is 10.6 Å². The van der Waals surface area contributed by atoms with E-state index in [2.05, 4.69) is 39.9 Å². The lowest BCUT2D eigenvalue weighted by Gasteiger charge is -2.20. The Labute approximate surface area is 201 Å². The molecule has 164 valence electrons. The van der Waals surface area contributed by atoms with Crippen LogP contribution in [0.15, 0.2) is 94.8 Å². The topological polar surface area (TPSA) is 96.6 Å². The van der Waals surface area contributed by atoms with Crippen LogP contribution in [0.1, 0.15) is 22.6 Å². The first-order chi connectivity index (χ1) is 14.5. The average molecular weight is 550 g/mol. The molecule has 0 unspecified atom stereocenters. The van der Waals surface area contributed by atoms with Crippen molar-refractivity contribution in [3.05, 3.63) is 102 Å². The fourth-order valence-electron chi connectivity index (χ4n) is 3.20. The zero-order valence-electron chi connectivity index (χ0n) is 17.2. The lowest BCUT2D eigenvalue weighted by atomic mass is 9.91. The van der Waals surface area contributed by atoms with Gasteiger partial charge in [-0.15, -0.1) is 24.0 Å². The molecular weight excluding hydrogens is 523 g/mol. The first-order valence-corrected chi connectivity index (χ1v) is 11.2. The van der Waals surface area contributed by atoms with E-state index < -0.39 is 10.0 Å². The van der Waals surface area contributed by atoms with E-state index >= 15 is 0 Å². The van der Waals surface area contributed by atoms with E-state index in [1.165, 1.54) is 23.3 Å². The van der Waals surface area contributed by atoms with Crippen LogP contribution >= 0.6 is 24.0 Å². The third-order valence-corrected chi connectivity index (χ3v) is 5.74. The van der Waals surface area contributed by atoms with Crippen molar-refractivity contribution in [2.75, 3.05) is 13.6 Å². The van der Waals surface area contributed by atoms with Crippen molar-refractivity contribution in [2.45, 2.75) is 17.4 Å². The minimum atomic E-state index is -3.68. The Bertz CT molecular complexity index is 1030. The van der Waals surface area contributed by atoms with Gasteiger partial charge in [-0.25, -0.2) is 13.6 Å². The number of hydrogen-bond donors (Lipinski definition) is 3. The third-order valence-electron chi connectivity index (χ3n) is 4.81. The highest BCUT2D eigenvalue weighted by Crippen LogP contribution is 2.23. The Hall–Kier alpha value is -2.43. The van der Waals surface area contributed by atoms with Gasteiger partial charge in [0.1, 0.15) is 0 Å². The molecule has 0 bridgehead atoms. The van der Waals surface area contributed by atoms with E-state index in [1.54, 1.807) is 19.2 Å². The van der Waals surface area contributed by atoms with E-state index in [4.69, 9.17) is 5.14 Å². The van der Waals surface area contributed by atoms with E-state index in [1.807, 2.05) is 36.4 Å². The van der Waals surface area contributed by atoms with Gasteiger partial charge in [-0.05, 0) is 28.8 Å². The number of primary sulfonamides is 1. The summed E-state index contributed by atoms with van der Waals surface area (Å²) in [5.74, 6) is 0.849. The number of rotatable bonds is 7. The minimum Gasteiger partial charge on any atom is -0.355 e. The van der Waals surface area contributed by atoms with Gasteiger partial charge in [0.15, 0.2) is 5.96 Å². The van der Waals surface area contributed by atoms with Crippen LogP contribution in [-0.4, -0.2) is 28.0 Å². The van der Waals surface area contributed by atoms with Crippen molar-refractivity contribution < 1.29 is 8.42 Å². The summed E-state index contributed by atoms with van der Waals surface area (Å²) in [4.78, 5) is 4.40. The van der Waals surface area contributed by atoms with Gasteiger partial charge in [-0.1, -0.05) is 72.8 Å². The van der Waals surface area contributed by atoms with E-state index in [0.29, 0.717) is 19.0 Å². The largest absolute Gasteiger partial charge is 0.355 e. The molecule has 0 radical (unpaired) electrons. The van der Waals surface area contributed by atoms with Gasteiger partial charge in [0.2, 0.25) is 10.0 Å². The maximum absolute atomic E-state index is 11.4. The second kappa shape index (κ2) is 11.8. The molecule has 8 heteroatoms. The number of nitrogens with zero attached hydrogens (tertiary/aromatic N) is 1. The number of benzene rings is 3. The van der Waals surface area contributed by atoms with Crippen molar-refractivity contribution >= 4 is 40.0 Å². The predicted octanol–water partition coefficient (Wildman–Crippen LogP) is 3.45. The van der Waals surface area contributed by atoms with Gasteiger partial charge in [0.05, 0.1) is 4.90 Å². The fraction of sp³-hybridized carbons (Fsp3) is 0.174. The summed E-state index contributed by atoms with van der Waals surface area (Å²) in [5, 5.41) is 11.8. The van der Waals surface area contributed by atoms with Crippen LogP contribution in [0.5, 0.6) is 0 Å². The Morgan fingerprint density at radius 1 is 0.871 bits per heavy atom. The highest BCUT2D eigenvalue weighted by molar-refractivity contribution is 14.0. The van der Waals surface area contributed by atoms with Crippen molar-refractivity contribution in [2.24, 2.45) is 10.1 Å². The average Bonchev–Trinajstić information content (AvgIpc) is 2.77. The quantitative estimate of drug-likeness (QED) is 0.239. The molecule has 0 spiro atoms. The van der Waals surface area contributed by atoms with Crippen LogP contribution < -0.4 is 15.8 Å². The van der Waals surface area contributed by atoms with Gasteiger partial charge in [0, 0.05) is 26.1 Å². The molecule has 3 aromatic rings. The molecule has 0 aliphatic rings. The summed E-state index contributed by atoms with van der Waals surface area (Å²) in [6.45, 7) is 1.18. The Morgan fingerprint density at radius 2 is 1.39 bits per heavy atom. The zero-order chi connectivity index (χ0) is 21.4. The standard InChI is InChI=1S/C23H26N4O2S.HI/c1-25-23(26-16-18-12-14-21(15-13-18)30(24,28)29)27-17-22(19-8-4-2-5-9-19)20-10-6-3-7-11-20;/h2-15,22H,16-17H2,1H3,(H2,24,28,29)(H2,25,26,27);1H. The Kier molecular flexibility index (Phi) is 9.47. The SMILES string of the molecule is CN=C(NCc1ccc(S(N)(=O)=O)cc1)NCC(c1ccccc1)c1ccccc1.I. The van der Waals surface area contributed by atoms with E-state index in [-0.39, 0.29) is 34.8 Å². The van der Waals surface area contributed by atoms with Crippen molar-refractivity contribution in [3.8, 4) is 0 Å². The van der Waals surface area contributed by atoms with Crippen LogP contribution in [0.3, 0.4) is 0 Å². The molecule has 0 fully saturated rings. The maximum atomic E-state index is 11.4. The summed E-state index contributed by atoms with van der Waals surface area (Å²) in [5.41, 5.74) is 3.38. The van der Waals surface area contributed by atoms with Gasteiger partial charge in [-0.2, -0.15) is 0 Å². The molecule has 6 nitrogen and oxygen atoms in total. The summed E-state index contributed by atoms with van der Waals surface area (Å²) in [6.07, 6.45) is 0. The molecular formula is C23H27IN4O2S. The fourth-order valence-corrected chi connectivity index (χ4v) is 3.72. The van der Waals surface area contributed by atoms with E-state index in [0.717, 1.165) is 5.56 Å². The van der Waals surface area contributed by atoms with Gasteiger partial charge >= 0.3 is 0 Å². The molecule has 31 heavy (non-hydrogen) atoms. The number of guanidine groups is 1. The Balaban J connectivity index is 0.00000341. The molecule has 0 amide bonds. The molecule has 0 aromatic heterocycles. The number of sulfonamides is 1. The monoisotopic (exact) mass is 550 g/mol. The highest BCUT2D eigenvalue weighted by Gasteiger charge is 2.14. The molecule has 0 heterocycles. The van der Waals surface area contributed by atoms with Gasteiger partial charge in [-0.3, -0.25) is 4.99 Å². The molecule has 3 rings (SSSR count). The summed E-state index contributed by atoms with van der Waals surface area (Å²) < 4.78 is 22.7. The molecule has 0 atom stereocenters. The number of nitrogens with one attached hydrogen (secondary N) is 2. The van der Waals surface area contributed by atoms with Crippen LogP contribution in [0.4, 0.5) is 0 Å². The maximum Gasteiger partial charge on any atom is 0.238 e. The van der Waals surface area contributed by atoms with Crippen LogP contribution in [-0.2, 0) is 16.6 Å². The Morgan fingerprint density at radius 3 is 1.84 bits per heavy atom. The second-order valence-corrected chi connectivity index (χ2v) is 8.43. The molecule has 3 aromatic carbocycles. The lowest BCUT2D eigenvalue weighted by Crippen LogP contribution is -2.39. The first-order valence-electron chi connectivity index (χ1n) is 9.63. The minimum absolute atomic E-state index is 0. The first kappa shape index (κ1) is 24.8. The molecule has 0 aliphatic carbocycles. The molecule has 0 saturated heterocycles. The lowest BCUT2D eigenvalue weighted by molar-refractivity contribution is 0.597. The van der Waals surface area contributed by atoms with Crippen LogP contribution in [0.2, 0.25) is 0 Å². The zero-order valence-corrected chi connectivity index (χ0v) is 20.4. The molecule has 0 saturated carbocycles. The van der Waals surface area contributed by atoms with Crippen LogP contribution in [0.25, 0.3) is 0 Å². The van der Waals surface area contributed by atoms with Gasteiger partial charge in [0.25, 0.3) is 0 Å². The summed E-state index contributed by atoms with van der Waals surface area (Å²) in [6, 6.07) is 27.2. The van der Waals surface area contributed by atoms with E-state index in [9.17, 15) is 8.42 Å². The van der Waals surface area contributed by atoms with Crippen molar-refractivity contribution in [3.63, 3.8) is 0 Å².